The molecule has 1 aromatic carbocycles. The monoisotopic (exact) mass is 330 g/mol. The van der Waals surface area contributed by atoms with E-state index in [1.54, 1.807) is 27.2 Å². The van der Waals surface area contributed by atoms with Crippen molar-refractivity contribution in [3.63, 3.8) is 0 Å². The summed E-state index contributed by atoms with van der Waals surface area (Å²) in [6, 6.07) is 5.56. The van der Waals surface area contributed by atoms with Gasteiger partial charge in [0.25, 0.3) is 5.56 Å². The van der Waals surface area contributed by atoms with Gasteiger partial charge in [-0.25, -0.2) is 10.4 Å². The molecule has 0 aliphatic carbocycles. The molecule has 0 saturated heterocycles. The number of hydrogen-bond acceptors (Lipinski definition) is 6. The number of H-pyrrole nitrogens is 1. The third-order valence-electron chi connectivity index (χ3n) is 3.45. The number of para-hydroxylation sites is 1. The molecule has 1 heterocycles. The Kier molecular flexibility index (Phi) is 5.95. The van der Waals surface area contributed by atoms with Gasteiger partial charge in [0, 0.05) is 16.8 Å². The van der Waals surface area contributed by atoms with Crippen molar-refractivity contribution < 1.29 is 9.47 Å². The molecule has 0 atom stereocenters. The van der Waals surface area contributed by atoms with Crippen molar-refractivity contribution in [3.8, 4) is 11.5 Å². The highest BCUT2D eigenvalue weighted by molar-refractivity contribution is 5.85. The van der Waals surface area contributed by atoms with Crippen molar-refractivity contribution in [2.45, 2.75) is 27.2 Å². The van der Waals surface area contributed by atoms with Crippen molar-refractivity contribution in [2.24, 2.45) is 5.10 Å². The second kappa shape index (κ2) is 8.14. The summed E-state index contributed by atoms with van der Waals surface area (Å²) in [5, 5.41) is 4.12. The number of nitrogens with zero attached hydrogens (tertiary/aromatic N) is 2. The molecule has 7 nitrogen and oxygen atoms in total. The molecule has 2 N–H and O–H groups in total. The predicted octanol–water partition coefficient (Wildman–Crippen LogP) is 2.63. The molecule has 0 amide bonds. The lowest BCUT2D eigenvalue weighted by atomic mass is 10.2. The molecule has 0 fully saturated rings. The standard InChI is InChI=1S/C17H22N4O3/c1-5-9-24-15-13(7-6-8-14(15)23-4)10-18-21-17-19-12(3)11(2)16(22)20-17/h6-8,10H,5,9H2,1-4H3,(H2,19,20,21,22)/b18-10-. The smallest absolute Gasteiger partial charge is 0.255 e. The highest BCUT2D eigenvalue weighted by Crippen LogP contribution is 2.30. The number of hydrazone groups is 1. The average Bonchev–Trinajstić information content (AvgIpc) is 2.58. The minimum atomic E-state index is -0.187. The molecule has 1 aromatic heterocycles. The Morgan fingerprint density at radius 2 is 2.17 bits per heavy atom. The summed E-state index contributed by atoms with van der Waals surface area (Å²) in [5.41, 5.74) is 4.56. The van der Waals surface area contributed by atoms with E-state index in [1.165, 1.54) is 0 Å². The van der Waals surface area contributed by atoms with Gasteiger partial charge in [-0.05, 0) is 32.4 Å². The van der Waals surface area contributed by atoms with Crippen LogP contribution in [0.15, 0.2) is 28.1 Å². The van der Waals surface area contributed by atoms with Crippen molar-refractivity contribution in [2.75, 3.05) is 19.1 Å². The van der Waals surface area contributed by atoms with E-state index < -0.39 is 0 Å². The maximum Gasteiger partial charge on any atom is 0.255 e. The van der Waals surface area contributed by atoms with Crippen LogP contribution in [0.5, 0.6) is 11.5 Å². The molecule has 0 unspecified atom stereocenters. The molecule has 0 saturated carbocycles. The summed E-state index contributed by atoms with van der Waals surface area (Å²) in [6.45, 7) is 6.12. The summed E-state index contributed by atoms with van der Waals surface area (Å²) in [4.78, 5) is 18.6. The summed E-state index contributed by atoms with van der Waals surface area (Å²) >= 11 is 0. The Hall–Kier alpha value is -2.83. The van der Waals surface area contributed by atoms with Gasteiger partial charge in [0.05, 0.1) is 19.9 Å². The van der Waals surface area contributed by atoms with Crippen molar-refractivity contribution in [3.05, 3.63) is 45.4 Å². The highest BCUT2D eigenvalue weighted by Gasteiger charge is 2.09. The van der Waals surface area contributed by atoms with Crippen LogP contribution in [0.3, 0.4) is 0 Å². The Bertz CT molecular complexity index is 784. The van der Waals surface area contributed by atoms with Crippen LogP contribution < -0.4 is 20.5 Å². The zero-order valence-electron chi connectivity index (χ0n) is 14.3. The number of anilines is 1. The van der Waals surface area contributed by atoms with Gasteiger partial charge in [-0.1, -0.05) is 13.0 Å². The molecule has 7 heteroatoms. The summed E-state index contributed by atoms with van der Waals surface area (Å²) < 4.78 is 11.1. The van der Waals surface area contributed by atoms with E-state index in [1.807, 2.05) is 25.1 Å². The van der Waals surface area contributed by atoms with E-state index in [-0.39, 0.29) is 5.56 Å². The van der Waals surface area contributed by atoms with Gasteiger partial charge >= 0.3 is 0 Å². The number of aromatic nitrogens is 2. The zero-order chi connectivity index (χ0) is 17.5. The molecular weight excluding hydrogens is 308 g/mol. The first-order valence-electron chi connectivity index (χ1n) is 7.73. The minimum absolute atomic E-state index is 0.187. The number of rotatable bonds is 7. The molecule has 24 heavy (non-hydrogen) atoms. The Morgan fingerprint density at radius 3 is 2.83 bits per heavy atom. The molecule has 0 aliphatic heterocycles. The van der Waals surface area contributed by atoms with Gasteiger partial charge in [0.1, 0.15) is 0 Å². The van der Waals surface area contributed by atoms with Crippen LogP contribution in [-0.2, 0) is 0 Å². The lowest BCUT2D eigenvalue weighted by Gasteiger charge is -2.12. The number of aryl methyl sites for hydroxylation is 1. The topological polar surface area (TPSA) is 88.6 Å². The fourth-order valence-electron chi connectivity index (χ4n) is 2.01. The third-order valence-corrected chi connectivity index (χ3v) is 3.45. The van der Waals surface area contributed by atoms with Crippen LogP contribution >= 0.6 is 0 Å². The molecule has 2 rings (SSSR count). The maximum absolute atomic E-state index is 11.7. The first-order valence-corrected chi connectivity index (χ1v) is 7.73. The molecular formula is C17H22N4O3. The lowest BCUT2D eigenvalue weighted by molar-refractivity contribution is 0.294. The van der Waals surface area contributed by atoms with Gasteiger partial charge in [0.2, 0.25) is 5.95 Å². The van der Waals surface area contributed by atoms with Crippen molar-refractivity contribution in [1.82, 2.24) is 9.97 Å². The molecule has 0 spiro atoms. The van der Waals surface area contributed by atoms with Crippen molar-refractivity contribution in [1.29, 1.82) is 0 Å². The van der Waals surface area contributed by atoms with Crippen LogP contribution in [0, 0.1) is 13.8 Å². The SMILES string of the molecule is CCCOc1c(/C=N\Nc2nc(C)c(C)c(=O)[nH]2)cccc1OC. The van der Waals surface area contributed by atoms with E-state index in [2.05, 4.69) is 20.5 Å². The molecule has 2 aromatic rings. The van der Waals surface area contributed by atoms with Crippen LogP contribution in [-0.4, -0.2) is 29.9 Å². The Morgan fingerprint density at radius 1 is 1.38 bits per heavy atom. The zero-order valence-corrected chi connectivity index (χ0v) is 14.3. The quantitative estimate of drug-likeness (QED) is 0.602. The number of aromatic amines is 1. The fraction of sp³-hybridized carbons (Fsp3) is 0.353. The fourth-order valence-corrected chi connectivity index (χ4v) is 2.01. The van der Waals surface area contributed by atoms with Crippen LogP contribution in [0.25, 0.3) is 0 Å². The normalized spacial score (nSPS) is 10.8. The van der Waals surface area contributed by atoms with E-state index >= 15 is 0 Å². The van der Waals surface area contributed by atoms with E-state index in [0.717, 1.165) is 12.0 Å². The average molecular weight is 330 g/mol. The highest BCUT2D eigenvalue weighted by atomic mass is 16.5. The Labute approximate surface area is 140 Å². The first-order chi connectivity index (χ1) is 11.6. The van der Waals surface area contributed by atoms with Crippen LogP contribution in [0.2, 0.25) is 0 Å². The van der Waals surface area contributed by atoms with Gasteiger partial charge < -0.3 is 9.47 Å². The minimum Gasteiger partial charge on any atom is -0.493 e. The van der Waals surface area contributed by atoms with Crippen molar-refractivity contribution >= 4 is 12.2 Å². The van der Waals surface area contributed by atoms with E-state index in [9.17, 15) is 4.79 Å². The number of ether oxygens (including phenoxy) is 2. The summed E-state index contributed by atoms with van der Waals surface area (Å²) in [6.07, 6.45) is 2.49. The summed E-state index contributed by atoms with van der Waals surface area (Å²) in [5.74, 6) is 1.57. The second-order valence-electron chi connectivity index (χ2n) is 5.22. The predicted molar refractivity (Wildman–Crippen MR) is 94.3 cm³/mol. The number of benzene rings is 1. The van der Waals surface area contributed by atoms with E-state index in [0.29, 0.717) is 35.3 Å². The second-order valence-corrected chi connectivity index (χ2v) is 5.22. The van der Waals surface area contributed by atoms with Crippen LogP contribution in [0.1, 0.15) is 30.2 Å². The third kappa shape index (κ3) is 4.13. The molecule has 128 valence electrons. The summed E-state index contributed by atoms with van der Waals surface area (Å²) in [7, 11) is 1.59. The molecule has 0 aliphatic rings. The number of methoxy groups -OCH3 is 1. The van der Waals surface area contributed by atoms with Gasteiger partial charge in [-0.2, -0.15) is 5.10 Å². The van der Waals surface area contributed by atoms with Gasteiger partial charge in [-0.15, -0.1) is 0 Å². The van der Waals surface area contributed by atoms with Gasteiger partial charge in [-0.3, -0.25) is 9.78 Å². The molecule has 0 radical (unpaired) electrons. The first kappa shape index (κ1) is 17.5. The maximum atomic E-state index is 11.7. The lowest BCUT2D eigenvalue weighted by Crippen LogP contribution is -2.15. The largest absolute Gasteiger partial charge is 0.493 e. The Balaban J connectivity index is 2.21. The van der Waals surface area contributed by atoms with E-state index in [4.69, 9.17) is 9.47 Å². The van der Waals surface area contributed by atoms with Gasteiger partial charge in [0.15, 0.2) is 11.5 Å². The number of hydrogen-bond donors (Lipinski definition) is 2. The van der Waals surface area contributed by atoms with Crippen LogP contribution in [0.4, 0.5) is 5.95 Å². The molecule has 0 bridgehead atoms. The number of nitrogens with one attached hydrogen (secondary N) is 2.